The number of pyridine rings is 1. The first-order valence-corrected chi connectivity index (χ1v) is 25.0. The molecule has 5 heteroatoms. The Bertz CT molecular complexity index is 4150. The Morgan fingerprint density at radius 3 is 1.26 bits per heavy atom. The molecule has 74 heavy (non-hydrogen) atoms. The molecule has 1 aliphatic carbocycles. The van der Waals surface area contributed by atoms with E-state index < -0.39 is 5.41 Å². The summed E-state index contributed by atoms with van der Waals surface area (Å²) in [5.41, 5.74) is 19.8. The number of rotatable bonds is 9. The van der Waals surface area contributed by atoms with Crippen LogP contribution in [0, 0.1) is 0 Å². The van der Waals surface area contributed by atoms with Crippen molar-refractivity contribution in [2.75, 3.05) is 0 Å². The van der Waals surface area contributed by atoms with Gasteiger partial charge in [-0.25, -0.2) is 15.0 Å². The van der Waals surface area contributed by atoms with Crippen LogP contribution >= 0.6 is 0 Å². The number of furan rings is 1. The van der Waals surface area contributed by atoms with Crippen molar-refractivity contribution in [2.45, 2.75) is 5.41 Å². The van der Waals surface area contributed by atoms with Gasteiger partial charge in [-0.2, -0.15) is 0 Å². The lowest BCUT2D eigenvalue weighted by Gasteiger charge is -2.34. The van der Waals surface area contributed by atoms with Gasteiger partial charge in [0, 0.05) is 51.0 Å². The summed E-state index contributed by atoms with van der Waals surface area (Å²) in [4.78, 5) is 20.2. The van der Waals surface area contributed by atoms with Gasteiger partial charge in [0.05, 0.1) is 5.41 Å². The molecule has 0 saturated carbocycles. The fourth-order valence-corrected chi connectivity index (χ4v) is 11.2. The molecule has 0 N–H and O–H groups in total. The van der Waals surface area contributed by atoms with E-state index >= 15 is 0 Å². The second-order valence-electron chi connectivity index (χ2n) is 18.9. The van der Waals surface area contributed by atoms with Crippen LogP contribution in [0.3, 0.4) is 0 Å². The molecule has 0 bridgehead atoms. The number of nitrogens with zero attached hydrogens (tertiary/aromatic N) is 4. The maximum absolute atomic E-state index is 6.90. The number of hydrogen-bond donors (Lipinski definition) is 0. The highest BCUT2D eigenvalue weighted by Gasteiger charge is 2.46. The smallest absolute Gasteiger partial charge is 0.164 e. The van der Waals surface area contributed by atoms with Crippen LogP contribution in [-0.2, 0) is 5.41 Å². The standard InChI is InChI=1S/C69H44N4O/c1-4-15-45(16-5-1)46-30-36-50(37-31-46)66-71-67(73-68(72-66)52-40-41-59-58-22-10-11-27-62(58)69(63(59)43-52,54-18-6-2-7-19-54)55-20-8-3-9-21-55)51-38-34-49(35-39-51)57-24-13-26-61-60-25-12-23-56(64(60)74-65(57)61)48-32-28-47(29-33-48)53-17-14-42-70-44-53/h1-44H. The Labute approximate surface area is 428 Å². The molecule has 0 saturated heterocycles. The Morgan fingerprint density at radius 2 is 0.703 bits per heavy atom. The zero-order valence-corrected chi connectivity index (χ0v) is 40.1. The van der Waals surface area contributed by atoms with E-state index in [0.717, 1.165) is 83.1 Å². The normalized spacial score (nSPS) is 12.4. The molecule has 14 rings (SSSR count). The van der Waals surface area contributed by atoms with E-state index in [4.69, 9.17) is 19.4 Å². The third kappa shape index (κ3) is 7.16. The molecule has 5 nitrogen and oxygen atoms in total. The second-order valence-corrected chi connectivity index (χ2v) is 18.9. The van der Waals surface area contributed by atoms with Gasteiger partial charge < -0.3 is 4.42 Å². The quantitative estimate of drug-likeness (QED) is 0.144. The van der Waals surface area contributed by atoms with Crippen LogP contribution in [0.5, 0.6) is 0 Å². The van der Waals surface area contributed by atoms with Crippen molar-refractivity contribution in [2.24, 2.45) is 0 Å². The summed E-state index contributed by atoms with van der Waals surface area (Å²) < 4.78 is 6.90. The lowest BCUT2D eigenvalue weighted by Crippen LogP contribution is -2.28. The van der Waals surface area contributed by atoms with Gasteiger partial charge >= 0.3 is 0 Å². The molecule has 10 aromatic carbocycles. The molecule has 0 radical (unpaired) electrons. The number of para-hydroxylation sites is 2. The van der Waals surface area contributed by atoms with Gasteiger partial charge in [-0.3, -0.25) is 4.98 Å². The minimum atomic E-state index is -0.567. The lowest BCUT2D eigenvalue weighted by atomic mass is 9.67. The molecule has 3 aromatic heterocycles. The molecular weight excluding hydrogens is 901 g/mol. The van der Waals surface area contributed by atoms with Gasteiger partial charge in [-0.15, -0.1) is 0 Å². The molecule has 3 heterocycles. The van der Waals surface area contributed by atoms with E-state index in [1.54, 1.807) is 6.20 Å². The number of aromatic nitrogens is 4. The second kappa shape index (κ2) is 17.8. The fraction of sp³-hybridized carbons (Fsp3) is 0.0145. The van der Waals surface area contributed by atoms with Gasteiger partial charge in [0.15, 0.2) is 17.5 Å². The van der Waals surface area contributed by atoms with Crippen LogP contribution in [0.2, 0.25) is 0 Å². The number of hydrogen-bond acceptors (Lipinski definition) is 5. The summed E-state index contributed by atoms with van der Waals surface area (Å²) in [5.74, 6) is 1.79. The first kappa shape index (κ1) is 43.0. The van der Waals surface area contributed by atoms with Crippen molar-refractivity contribution in [1.82, 2.24) is 19.9 Å². The molecule has 0 spiro atoms. The SMILES string of the molecule is c1ccc(-c2ccc(-c3nc(-c4ccc(-c5cccc6c5oc5c(-c7ccc(-c8cccnc8)cc7)cccc56)cc4)nc(-c4ccc5c(c4)C(c4ccccc4)(c4ccccc4)c4ccccc4-5)n3)cc2)cc1. The maximum atomic E-state index is 6.90. The average molecular weight is 945 g/mol. The van der Waals surface area contributed by atoms with E-state index in [-0.39, 0.29) is 0 Å². The Kier molecular flexibility index (Phi) is 10.3. The topological polar surface area (TPSA) is 64.7 Å². The number of benzene rings is 10. The summed E-state index contributed by atoms with van der Waals surface area (Å²) in [7, 11) is 0. The minimum Gasteiger partial charge on any atom is -0.455 e. The maximum Gasteiger partial charge on any atom is 0.164 e. The van der Waals surface area contributed by atoms with E-state index in [2.05, 4.69) is 248 Å². The highest BCUT2D eigenvalue weighted by Crippen LogP contribution is 2.56. The van der Waals surface area contributed by atoms with Crippen molar-refractivity contribution >= 4 is 21.9 Å². The highest BCUT2D eigenvalue weighted by molar-refractivity contribution is 6.13. The summed E-state index contributed by atoms with van der Waals surface area (Å²) in [6.45, 7) is 0. The fourth-order valence-electron chi connectivity index (χ4n) is 11.2. The lowest BCUT2D eigenvalue weighted by molar-refractivity contribution is 0.671. The number of fused-ring (bicyclic) bond motifs is 6. The Hall–Kier alpha value is -9.84. The van der Waals surface area contributed by atoms with Gasteiger partial charge in [-0.1, -0.05) is 243 Å². The molecule has 0 atom stereocenters. The largest absolute Gasteiger partial charge is 0.455 e. The molecule has 346 valence electrons. The third-order valence-electron chi connectivity index (χ3n) is 14.8. The summed E-state index contributed by atoms with van der Waals surface area (Å²) in [6.07, 6.45) is 3.69. The molecule has 0 unspecified atom stereocenters. The van der Waals surface area contributed by atoms with Crippen LogP contribution in [0.15, 0.2) is 272 Å². The summed E-state index contributed by atoms with van der Waals surface area (Å²) in [5, 5.41) is 2.15. The van der Waals surface area contributed by atoms with E-state index in [9.17, 15) is 0 Å². The molecule has 0 fully saturated rings. The van der Waals surface area contributed by atoms with Crippen LogP contribution in [-0.4, -0.2) is 19.9 Å². The molecule has 0 amide bonds. The predicted molar refractivity (Wildman–Crippen MR) is 300 cm³/mol. The average Bonchev–Trinajstić information content (AvgIpc) is 4.02. The monoisotopic (exact) mass is 944 g/mol. The molecule has 1 aliphatic rings. The van der Waals surface area contributed by atoms with Gasteiger partial charge in [0.1, 0.15) is 11.2 Å². The molecular formula is C69H44N4O. The van der Waals surface area contributed by atoms with E-state index in [1.807, 2.05) is 18.3 Å². The summed E-state index contributed by atoms with van der Waals surface area (Å²) >= 11 is 0. The molecule has 0 aliphatic heterocycles. The van der Waals surface area contributed by atoms with Crippen molar-refractivity contribution in [3.05, 3.63) is 289 Å². The minimum absolute atomic E-state index is 0.567. The first-order chi connectivity index (χ1) is 36.7. The van der Waals surface area contributed by atoms with Crippen LogP contribution in [0.1, 0.15) is 22.3 Å². The van der Waals surface area contributed by atoms with Crippen molar-refractivity contribution in [3.63, 3.8) is 0 Å². The first-order valence-electron chi connectivity index (χ1n) is 25.0. The zero-order valence-electron chi connectivity index (χ0n) is 40.1. The Balaban J connectivity index is 0.882. The molecule has 13 aromatic rings. The van der Waals surface area contributed by atoms with Crippen molar-refractivity contribution < 1.29 is 4.42 Å². The van der Waals surface area contributed by atoms with Crippen LogP contribution in [0.4, 0.5) is 0 Å². The van der Waals surface area contributed by atoms with Crippen molar-refractivity contribution in [1.29, 1.82) is 0 Å². The van der Waals surface area contributed by atoms with Crippen molar-refractivity contribution in [3.8, 4) is 89.8 Å². The Morgan fingerprint density at radius 1 is 0.284 bits per heavy atom. The van der Waals surface area contributed by atoms with Gasteiger partial charge in [-0.05, 0) is 78.9 Å². The van der Waals surface area contributed by atoms with Gasteiger partial charge in [0.2, 0.25) is 0 Å². The van der Waals surface area contributed by atoms with E-state index in [1.165, 1.54) is 33.4 Å². The third-order valence-corrected chi connectivity index (χ3v) is 14.8. The predicted octanol–water partition coefficient (Wildman–Crippen LogP) is 17.2. The van der Waals surface area contributed by atoms with E-state index in [0.29, 0.717) is 17.5 Å². The van der Waals surface area contributed by atoms with Crippen LogP contribution < -0.4 is 0 Å². The van der Waals surface area contributed by atoms with Gasteiger partial charge in [0.25, 0.3) is 0 Å². The van der Waals surface area contributed by atoms with Crippen LogP contribution in [0.25, 0.3) is 112 Å². The zero-order chi connectivity index (χ0) is 49.0. The highest BCUT2D eigenvalue weighted by atomic mass is 16.3. The summed E-state index contributed by atoms with van der Waals surface area (Å²) in [6, 6.07) is 90.3.